The largest absolute Gasteiger partial charge is 0.461 e. The molecule has 2 heterocycles. The van der Waals surface area contributed by atoms with Crippen LogP contribution in [0.4, 0.5) is 4.39 Å². The zero-order valence-electron chi connectivity index (χ0n) is 16.6. The summed E-state index contributed by atoms with van der Waals surface area (Å²) < 4.78 is 20.3. The van der Waals surface area contributed by atoms with Crippen LogP contribution in [0.2, 0.25) is 0 Å². The monoisotopic (exact) mass is 399 g/mol. The summed E-state index contributed by atoms with van der Waals surface area (Å²) in [6.07, 6.45) is 4.37. The quantitative estimate of drug-likeness (QED) is 0.522. The van der Waals surface area contributed by atoms with Gasteiger partial charge < -0.3 is 9.64 Å². The molecule has 0 bridgehead atoms. The molecule has 6 nitrogen and oxygen atoms in total. The highest BCUT2D eigenvalue weighted by molar-refractivity contribution is 5.88. The van der Waals surface area contributed by atoms with Gasteiger partial charge in [-0.15, -0.1) is 6.58 Å². The summed E-state index contributed by atoms with van der Waals surface area (Å²) in [6.45, 7) is 6.95. The van der Waals surface area contributed by atoms with Crippen molar-refractivity contribution >= 4 is 11.9 Å². The van der Waals surface area contributed by atoms with Gasteiger partial charge in [-0.3, -0.25) is 9.48 Å². The van der Waals surface area contributed by atoms with E-state index in [2.05, 4.69) is 11.7 Å². The molecule has 1 aromatic heterocycles. The van der Waals surface area contributed by atoms with E-state index in [1.54, 1.807) is 31.2 Å². The fraction of sp³-hybridized carbons (Fsp3) is 0.409. The molecule has 0 atom stereocenters. The molecule has 0 spiro atoms. The van der Waals surface area contributed by atoms with E-state index in [0.29, 0.717) is 25.9 Å². The van der Waals surface area contributed by atoms with Gasteiger partial charge in [0.1, 0.15) is 5.82 Å². The summed E-state index contributed by atoms with van der Waals surface area (Å²) in [5.74, 6) is -0.668. The molecule has 1 aliphatic heterocycles. The second-order valence-electron chi connectivity index (χ2n) is 7.03. The third-order valence-electron chi connectivity index (χ3n) is 5.09. The molecule has 0 unspecified atom stereocenters. The average molecular weight is 399 g/mol. The number of halogens is 1. The van der Waals surface area contributed by atoms with Gasteiger partial charge in [0.15, 0.2) is 5.69 Å². The minimum absolute atomic E-state index is 0.0432. The van der Waals surface area contributed by atoms with Crippen molar-refractivity contribution in [3.8, 4) is 11.3 Å². The van der Waals surface area contributed by atoms with Gasteiger partial charge in [0.2, 0.25) is 5.91 Å². The summed E-state index contributed by atoms with van der Waals surface area (Å²) >= 11 is 0. The number of carbonyl (C=O) groups excluding carboxylic acids is 2. The predicted octanol–water partition coefficient (Wildman–Crippen LogP) is 4.00. The standard InChI is InChI=1S/C22H26FN3O3/c1-3-5-6-21(27)25-13-11-18(12-14-25)26-20(16-7-9-17(23)10-8-16)15-19(24-26)22(28)29-4-2/h3,7-10,15,18H,1,4-6,11-14H2,2H3. The number of ether oxygens (including phenoxy) is 1. The second-order valence-corrected chi connectivity index (χ2v) is 7.03. The molecular formula is C22H26FN3O3. The number of hydrogen-bond acceptors (Lipinski definition) is 4. The zero-order chi connectivity index (χ0) is 20.8. The minimum atomic E-state index is -0.480. The number of amides is 1. The van der Waals surface area contributed by atoms with Crippen molar-refractivity contribution in [3.05, 3.63) is 54.5 Å². The van der Waals surface area contributed by atoms with Gasteiger partial charge in [0.25, 0.3) is 0 Å². The molecule has 29 heavy (non-hydrogen) atoms. The normalized spacial score (nSPS) is 14.6. The highest BCUT2D eigenvalue weighted by atomic mass is 19.1. The van der Waals surface area contributed by atoms with Crippen molar-refractivity contribution in [3.63, 3.8) is 0 Å². The lowest BCUT2D eigenvalue weighted by Gasteiger charge is -2.33. The van der Waals surface area contributed by atoms with Crippen LogP contribution in [-0.2, 0) is 9.53 Å². The van der Waals surface area contributed by atoms with Crippen molar-refractivity contribution in [2.75, 3.05) is 19.7 Å². The summed E-state index contributed by atoms with van der Waals surface area (Å²) in [5.41, 5.74) is 1.75. The summed E-state index contributed by atoms with van der Waals surface area (Å²) in [5, 5.41) is 4.50. The fourth-order valence-electron chi connectivity index (χ4n) is 3.56. The van der Waals surface area contributed by atoms with Crippen LogP contribution in [0, 0.1) is 5.82 Å². The number of likely N-dealkylation sites (tertiary alicyclic amines) is 1. The van der Waals surface area contributed by atoms with Gasteiger partial charge in [-0.25, -0.2) is 9.18 Å². The van der Waals surface area contributed by atoms with E-state index >= 15 is 0 Å². The van der Waals surface area contributed by atoms with Gasteiger partial charge in [-0.2, -0.15) is 5.10 Å². The summed E-state index contributed by atoms with van der Waals surface area (Å²) in [7, 11) is 0. The minimum Gasteiger partial charge on any atom is -0.461 e. The van der Waals surface area contributed by atoms with Gasteiger partial charge in [-0.1, -0.05) is 6.08 Å². The molecule has 154 valence electrons. The second kappa shape index (κ2) is 9.49. The Morgan fingerprint density at radius 1 is 1.28 bits per heavy atom. The first-order valence-corrected chi connectivity index (χ1v) is 9.94. The molecule has 0 aliphatic carbocycles. The molecule has 0 N–H and O–H groups in total. The Kier molecular flexibility index (Phi) is 6.80. The Hall–Kier alpha value is -2.96. The van der Waals surface area contributed by atoms with E-state index in [4.69, 9.17) is 4.74 Å². The number of hydrogen-bond donors (Lipinski definition) is 0. The van der Waals surface area contributed by atoms with Crippen molar-refractivity contribution in [1.29, 1.82) is 0 Å². The maximum Gasteiger partial charge on any atom is 0.358 e. The van der Waals surface area contributed by atoms with Crippen LogP contribution in [0.1, 0.15) is 49.1 Å². The Bertz CT molecular complexity index is 868. The SMILES string of the molecule is C=CCCC(=O)N1CCC(n2nc(C(=O)OCC)cc2-c2ccc(F)cc2)CC1. The molecule has 2 aromatic rings. The van der Waals surface area contributed by atoms with Crippen molar-refractivity contribution < 1.29 is 18.7 Å². The van der Waals surface area contributed by atoms with Gasteiger partial charge >= 0.3 is 5.97 Å². The number of nitrogens with zero attached hydrogens (tertiary/aromatic N) is 3. The Morgan fingerprint density at radius 3 is 2.59 bits per heavy atom. The number of allylic oxidation sites excluding steroid dienone is 1. The molecule has 3 rings (SSSR count). The first kappa shape index (κ1) is 20.8. The van der Waals surface area contributed by atoms with Crippen LogP contribution >= 0.6 is 0 Å². The lowest BCUT2D eigenvalue weighted by molar-refractivity contribution is -0.132. The Morgan fingerprint density at radius 2 is 1.97 bits per heavy atom. The first-order chi connectivity index (χ1) is 14.0. The summed E-state index contributed by atoms with van der Waals surface area (Å²) in [4.78, 5) is 26.3. The third kappa shape index (κ3) is 4.91. The molecule has 0 saturated carbocycles. The first-order valence-electron chi connectivity index (χ1n) is 9.94. The van der Waals surface area contributed by atoms with E-state index in [1.807, 2.05) is 9.58 Å². The van der Waals surface area contributed by atoms with Gasteiger partial charge in [0, 0.05) is 25.1 Å². The number of aromatic nitrogens is 2. The molecule has 1 aromatic carbocycles. The number of carbonyl (C=O) groups is 2. The maximum atomic E-state index is 13.4. The van der Waals surface area contributed by atoms with Crippen molar-refractivity contribution in [1.82, 2.24) is 14.7 Å². The van der Waals surface area contributed by atoms with E-state index in [-0.39, 0.29) is 30.1 Å². The molecule has 1 aliphatic rings. The van der Waals surface area contributed by atoms with Crippen LogP contribution in [-0.4, -0.2) is 46.3 Å². The number of rotatable bonds is 7. The Labute approximate surface area is 170 Å². The molecular weight excluding hydrogens is 373 g/mol. The highest BCUT2D eigenvalue weighted by Gasteiger charge is 2.27. The number of piperidine rings is 1. The molecule has 1 saturated heterocycles. The van der Waals surface area contributed by atoms with Crippen LogP contribution in [0.5, 0.6) is 0 Å². The number of esters is 1. The predicted molar refractivity (Wildman–Crippen MR) is 108 cm³/mol. The molecule has 0 radical (unpaired) electrons. The van der Waals surface area contributed by atoms with E-state index in [0.717, 1.165) is 24.1 Å². The highest BCUT2D eigenvalue weighted by Crippen LogP contribution is 2.30. The lowest BCUT2D eigenvalue weighted by Crippen LogP contribution is -2.39. The van der Waals surface area contributed by atoms with Crippen LogP contribution in [0.3, 0.4) is 0 Å². The molecule has 1 fully saturated rings. The van der Waals surface area contributed by atoms with Crippen molar-refractivity contribution in [2.45, 2.75) is 38.6 Å². The lowest BCUT2D eigenvalue weighted by atomic mass is 10.0. The smallest absolute Gasteiger partial charge is 0.358 e. The topological polar surface area (TPSA) is 64.4 Å². The number of benzene rings is 1. The fourth-order valence-corrected chi connectivity index (χ4v) is 3.56. The van der Waals surface area contributed by atoms with E-state index in [1.165, 1.54) is 12.1 Å². The zero-order valence-corrected chi connectivity index (χ0v) is 16.6. The summed E-state index contributed by atoms with van der Waals surface area (Å²) in [6, 6.07) is 7.85. The van der Waals surface area contributed by atoms with Gasteiger partial charge in [0.05, 0.1) is 18.3 Å². The third-order valence-corrected chi connectivity index (χ3v) is 5.09. The van der Waals surface area contributed by atoms with Crippen LogP contribution in [0.25, 0.3) is 11.3 Å². The van der Waals surface area contributed by atoms with Crippen LogP contribution < -0.4 is 0 Å². The average Bonchev–Trinajstić information content (AvgIpc) is 3.18. The maximum absolute atomic E-state index is 13.4. The molecule has 7 heteroatoms. The van der Waals surface area contributed by atoms with Gasteiger partial charge in [-0.05, 0) is 56.5 Å². The van der Waals surface area contributed by atoms with Crippen LogP contribution in [0.15, 0.2) is 43.0 Å². The van der Waals surface area contributed by atoms with Crippen molar-refractivity contribution in [2.24, 2.45) is 0 Å². The Balaban J connectivity index is 1.82. The van der Waals surface area contributed by atoms with E-state index < -0.39 is 5.97 Å². The molecule has 1 amide bonds. The van der Waals surface area contributed by atoms with E-state index in [9.17, 15) is 14.0 Å².